The van der Waals surface area contributed by atoms with E-state index in [-0.39, 0.29) is 25.6 Å². The molecule has 0 aliphatic carbocycles. The molecule has 3 rings (SSSR count). The molecule has 1 fully saturated rings. The Kier molecular flexibility index (Phi) is 7.60. The molecule has 0 aromatic heterocycles. The molecule has 7 nitrogen and oxygen atoms in total. The maximum absolute atomic E-state index is 12.9. The zero-order valence-corrected chi connectivity index (χ0v) is 18.4. The van der Waals surface area contributed by atoms with Crippen molar-refractivity contribution in [1.82, 2.24) is 9.37 Å². The number of amides is 1. The lowest BCUT2D eigenvalue weighted by Crippen LogP contribution is -2.44. The number of hydrogen-bond acceptors (Lipinski definition) is 5. The van der Waals surface area contributed by atoms with Gasteiger partial charge in [0.05, 0.1) is 16.8 Å². The third-order valence-electron chi connectivity index (χ3n) is 4.96. The third-order valence-corrected chi connectivity index (χ3v) is 7.38. The van der Waals surface area contributed by atoms with Gasteiger partial charge in [0.25, 0.3) is 0 Å². The summed E-state index contributed by atoms with van der Waals surface area (Å²) in [5, 5.41) is 11.2. The van der Waals surface area contributed by atoms with Crippen LogP contribution in [0.15, 0.2) is 48.5 Å². The number of hydroxylamine groups is 2. The second-order valence-electron chi connectivity index (χ2n) is 6.98. The smallest absolute Gasteiger partial charge is 0.233 e. The number of hydrogen-bond donors (Lipinski definition) is 1. The fourth-order valence-electron chi connectivity index (χ4n) is 3.36. The van der Waals surface area contributed by atoms with E-state index >= 15 is 0 Å². The van der Waals surface area contributed by atoms with Crippen LogP contribution in [-0.4, -0.2) is 54.3 Å². The highest BCUT2D eigenvalue weighted by molar-refractivity contribution is 7.89. The van der Waals surface area contributed by atoms with E-state index in [0.29, 0.717) is 39.3 Å². The van der Waals surface area contributed by atoms with Gasteiger partial charge >= 0.3 is 0 Å². The average molecular weight is 473 g/mol. The van der Waals surface area contributed by atoms with Crippen molar-refractivity contribution in [2.45, 2.75) is 25.0 Å². The van der Waals surface area contributed by atoms with E-state index in [1.165, 1.54) is 4.31 Å². The van der Waals surface area contributed by atoms with Gasteiger partial charge in [0.1, 0.15) is 11.9 Å². The summed E-state index contributed by atoms with van der Waals surface area (Å²) >= 11 is 12.0. The molecule has 0 bridgehead atoms. The molecular formula is C20H22Cl2N2O5S. The molecule has 1 saturated heterocycles. The molecule has 1 atom stereocenters. The second kappa shape index (κ2) is 9.98. The van der Waals surface area contributed by atoms with Gasteiger partial charge in [-0.15, -0.1) is 0 Å². The summed E-state index contributed by atoms with van der Waals surface area (Å²) in [6.07, 6.45) is 1.02. The molecule has 1 heterocycles. The Bertz CT molecular complexity index is 966. The Labute approximate surface area is 185 Å². The Hall–Kier alpha value is -1.84. The van der Waals surface area contributed by atoms with Gasteiger partial charge in [-0.2, -0.15) is 0 Å². The summed E-state index contributed by atoms with van der Waals surface area (Å²) in [5.41, 5.74) is 0.534. The highest BCUT2D eigenvalue weighted by atomic mass is 35.5. The van der Waals surface area contributed by atoms with E-state index in [1.54, 1.807) is 48.5 Å². The number of carbonyl (C=O) groups excluding carboxylic acids is 1. The topological polar surface area (TPSA) is 87.2 Å². The van der Waals surface area contributed by atoms with Crippen LogP contribution in [0.1, 0.15) is 24.4 Å². The Morgan fingerprint density at radius 2 is 1.83 bits per heavy atom. The first-order valence-electron chi connectivity index (χ1n) is 9.37. The van der Waals surface area contributed by atoms with E-state index in [4.69, 9.17) is 27.9 Å². The molecule has 162 valence electrons. The lowest BCUT2D eigenvalue weighted by Gasteiger charge is -2.33. The van der Waals surface area contributed by atoms with Crippen LogP contribution in [0.5, 0.6) is 5.75 Å². The number of benzene rings is 2. The standard InChI is InChI=1S/C20H22Cl2N2O5S/c21-16-6-7-20(18(22)12-16)29-17-8-10-23(11-9-17)30(27,28)13-19(24(26)14-25)15-4-2-1-3-5-15/h1-7,12,14,17,19,26H,8-11,13H2. The molecule has 1 aliphatic rings. The molecule has 10 heteroatoms. The lowest BCUT2D eigenvalue weighted by molar-refractivity contribution is -0.159. The minimum atomic E-state index is -3.72. The van der Waals surface area contributed by atoms with Crippen LogP contribution < -0.4 is 4.74 Å². The molecular weight excluding hydrogens is 451 g/mol. The summed E-state index contributed by atoms with van der Waals surface area (Å²) in [7, 11) is -3.72. The first-order chi connectivity index (χ1) is 14.3. The monoisotopic (exact) mass is 472 g/mol. The molecule has 1 N–H and O–H groups in total. The van der Waals surface area contributed by atoms with Crippen molar-refractivity contribution in [2.24, 2.45) is 0 Å². The zero-order valence-electron chi connectivity index (χ0n) is 16.0. The van der Waals surface area contributed by atoms with Crippen molar-refractivity contribution in [2.75, 3.05) is 18.8 Å². The van der Waals surface area contributed by atoms with E-state index in [1.807, 2.05) is 0 Å². The highest BCUT2D eigenvalue weighted by Gasteiger charge is 2.33. The van der Waals surface area contributed by atoms with Crippen LogP contribution in [0, 0.1) is 0 Å². The molecule has 0 saturated carbocycles. The predicted molar refractivity (Wildman–Crippen MR) is 114 cm³/mol. The van der Waals surface area contributed by atoms with Gasteiger partial charge in [-0.1, -0.05) is 53.5 Å². The molecule has 1 aliphatic heterocycles. The van der Waals surface area contributed by atoms with Crippen molar-refractivity contribution in [3.05, 3.63) is 64.1 Å². The van der Waals surface area contributed by atoms with Gasteiger partial charge in [0.15, 0.2) is 0 Å². The van der Waals surface area contributed by atoms with Gasteiger partial charge in [-0.05, 0) is 36.6 Å². The fourth-order valence-corrected chi connectivity index (χ4v) is 5.53. The number of carbonyl (C=O) groups is 1. The summed E-state index contributed by atoms with van der Waals surface area (Å²) < 4.78 is 33.2. The van der Waals surface area contributed by atoms with Crippen LogP contribution >= 0.6 is 23.2 Å². The molecule has 1 unspecified atom stereocenters. The summed E-state index contributed by atoms with van der Waals surface area (Å²) in [6.45, 7) is 0.540. The van der Waals surface area contributed by atoms with E-state index in [2.05, 4.69) is 0 Å². The number of rotatable bonds is 8. The van der Waals surface area contributed by atoms with Crippen LogP contribution in [-0.2, 0) is 14.8 Å². The zero-order chi connectivity index (χ0) is 21.7. The first kappa shape index (κ1) is 22.8. The van der Waals surface area contributed by atoms with Gasteiger partial charge < -0.3 is 4.74 Å². The minimum absolute atomic E-state index is 0.177. The van der Waals surface area contributed by atoms with Crippen molar-refractivity contribution in [3.63, 3.8) is 0 Å². The molecule has 0 radical (unpaired) electrons. The normalized spacial score (nSPS) is 16.8. The average Bonchev–Trinajstić information content (AvgIpc) is 2.74. The first-order valence-corrected chi connectivity index (χ1v) is 11.7. The van der Waals surface area contributed by atoms with Crippen molar-refractivity contribution in [3.8, 4) is 5.75 Å². The number of piperidine rings is 1. The molecule has 30 heavy (non-hydrogen) atoms. The number of sulfonamides is 1. The Morgan fingerprint density at radius 3 is 2.43 bits per heavy atom. The Balaban J connectivity index is 1.64. The van der Waals surface area contributed by atoms with E-state index in [9.17, 15) is 18.4 Å². The largest absolute Gasteiger partial charge is 0.489 e. The van der Waals surface area contributed by atoms with Crippen LogP contribution in [0.3, 0.4) is 0 Å². The second-order valence-corrected chi connectivity index (χ2v) is 9.84. The molecule has 2 aromatic rings. The van der Waals surface area contributed by atoms with Gasteiger partial charge in [-0.25, -0.2) is 17.8 Å². The quantitative estimate of drug-likeness (QED) is 0.359. The third kappa shape index (κ3) is 5.65. The van der Waals surface area contributed by atoms with Crippen molar-refractivity contribution in [1.29, 1.82) is 0 Å². The number of halogens is 2. The highest BCUT2D eigenvalue weighted by Crippen LogP contribution is 2.30. The number of ether oxygens (including phenoxy) is 1. The van der Waals surface area contributed by atoms with Gasteiger partial charge in [-0.3, -0.25) is 10.0 Å². The minimum Gasteiger partial charge on any atom is -0.489 e. The van der Waals surface area contributed by atoms with E-state index in [0.717, 1.165) is 0 Å². The molecule has 0 spiro atoms. The van der Waals surface area contributed by atoms with Gasteiger partial charge in [0, 0.05) is 18.1 Å². The van der Waals surface area contributed by atoms with E-state index < -0.39 is 21.8 Å². The Morgan fingerprint density at radius 1 is 1.17 bits per heavy atom. The van der Waals surface area contributed by atoms with Crippen molar-refractivity contribution >= 4 is 39.6 Å². The predicted octanol–water partition coefficient (Wildman–Crippen LogP) is 3.76. The van der Waals surface area contributed by atoms with Gasteiger partial charge in [0.2, 0.25) is 16.4 Å². The fraction of sp³-hybridized carbons (Fsp3) is 0.350. The lowest BCUT2D eigenvalue weighted by atomic mass is 10.1. The molecule has 2 aromatic carbocycles. The maximum Gasteiger partial charge on any atom is 0.233 e. The van der Waals surface area contributed by atoms with Crippen molar-refractivity contribution < 1.29 is 23.2 Å². The summed E-state index contributed by atoms with van der Waals surface area (Å²) in [4.78, 5) is 11.1. The SMILES string of the molecule is O=CN(O)C(CS(=O)(=O)N1CCC(Oc2ccc(Cl)cc2Cl)CC1)c1ccccc1. The summed E-state index contributed by atoms with van der Waals surface area (Å²) in [6, 6.07) is 12.5. The molecule has 1 amide bonds. The number of nitrogens with zero attached hydrogens (tertiary/aromatic N) is 2. The van der Waals surface area contributed by atoms with Crippen LogP contribution in [0.25, 0.3) is 0 Å². The van der Waals surface area contributed by atoms with Crippen LogP contribution in [0.2, 0.25) is 10.0 Å². The maximum atomic E-state index is 12.9. The van der Waals surface area contributed by atoms with Crippen LogP contribution in [0.4, 0.5) is 0 Å². The summed E-state index contributed by atoms with van der Waals surface area (Å²) in [5.74, 6) is 0.0919.